The number of hydrogen-bond acceptors (Lipinski definition) is 6. The fourth-order valence-corrected chi connectivity index (χ4v) is 5.77. The molecule has 2 aromatic heterocycles. The summed E-state index contributed by atoms with van der Waals surface area (Å²) in [5.74, 6) is -0.0484. The largest absolute Gasteiger partial charge is 0.459 e. The minimum Gasteiger partial charge on any atom is -0.459 e. The molecule has 1 aliphatic rings. The van der Waals surface area contributed by atoms with Crippen LogP contribution in [0.4, 0.5) is 5.69 Å². The summed E-state index contributed by atoms with van der Waals surface area (Å²) in [5.41, 5.74) is 3.61. The van der Waals surface area contributed by atoms with E-state index >= 15 is 0 Å². The second-order valence-electron chi connectivity index (χ2n) is 8.32. The lowest BCUT2D eigenvalue weighted by molar-refractivity contribution is 0.0784. The van der Waals surface area contributed by atoms with Crippen molar-refractivity contribution in [1.82, 2.24) is 14.7 Å². The highest BCUT2D eigenvalue weighted by Gasteiger charge is 2.31. The molecule has 0 radical (unpaired) electrons. The summed E-state index contributed by atoms with van der Waals surface area (Å²) < 4.78 is 30.6. The summed E-state index contributed by atoms with van der Waals surface area (Å²) in [6, 6.07) is 9.68. The van der Waals surface area contributed by atoms with E-state index < -0.39 is 9.84 Å². The number of benzene rings is 1. The maximum Gasteiger partial charge on any atom is 0.291 e. The highest BCUT2D eigenvalue weighted by Crippen LogP contribution is 2.27. The quantitative estimate of drug-likeness (QED) is 0.592. The van der Waals surface area contributed by atoms with Gasteiger partial charge in [-0.1, -0.05) is 0 Å². The normalized spacial score (nSPS) is 17.1. The summed E-state index contributed by atoms with van der Waals surface area (Å²) >= 11 is 0. The third-order valence-corrected chi connectivity index (χ3v) is 7.66. The summed E-state index contributed by atoms with van der Waals surface area (Å²) in [6.07, 6.45) is 1.98. The monoisotopic (exact) mass is 470 g/mol. The first-order chi connectivity index (χ1) is 15.6. The van der Waals surface area contributed by atoms with Crippen molar-refractivity contribution in [2.24, 2.45) is 0 Å². The fourth-order valence-electron chi connectivity index (χ4n) is 4.08. The number of nitrogens with zero attached hydrogens (tertiary/aromatic N) is 3. The molecule has 9 nitrogen and oxygen atoms in total. The molecule has 1 fully saturated rings. The lowest BCUT2D eigenvalue weighted by atomic mass is 10.1. The molecule has 174 valence electrons. The van der Waals surface area contributed by atoms with Crippen LogP contribution in [0.15, 0.2) is 47.1 Å². The topological polar surface area (TPSA) is 115 Å². The van der Waals surface area contributed by atoms with Crippen molar-refractivity contribution in [3.63, 3.8) is 0 Å². The number of rotatable bonds is 6. The number of anilines is 1. The summed E-state index contributed by atoms with van der Waals surface area (Å²) in [6.45, 7) is 4.14. The van der Waals surface area contributed by atoms with Crippen molar-refractivity contribution in [1.29, 1.82) is 0 Å². The van der Waals surface area contributed by atoms with E-state index in [-0.39, 0.29) is 35.1 Å². The SMILES string of the molecule is Cc1nn([C@@H]2CCS(=O)(=O)C2)c(C)c1CN(C)C(=O)c1ccc(NC(=O)c2ccco2)cc1. The van der Waals surface area contributed by atoms with Crippen LogP contribution in [0.25, 0.3) is 0 Å². The average molecular weight is 471 g/mol. The number of carbonyl (C=O) groups is 2. The Bertz CT molecular complexity index is 1280. The van der Waals surface area contributed by atoms with Gasteiger partial charge in [-0.25, -0.2) is 8.42 Å². The van der Waals surface area contributed by atoms with Gasteiger partial charge in [-0.2, -0.15) is 5.10 Å². The van der Waals surface area contributed by atoms with Gasteiger partial charge in [-0.3, -0.25) is 14.3 Å². The van der Waals surface area contributed by atoms with Crippen LogP contribution >= 0.6 is 0 Å². The third kappa shape index (κ3) is 4.85. The maximum atomic E-state index is 13.0. The van der Waals surface area contributed by atoms with Crippen LogP contribution in [0, 0.1) is 13.8 Å². The Morgan fingerprint density at radius 3 is 2.55 bits per heavy atom. The molecule has 1 N–H and O–H groups in total. The summed E-state index contributed by atoms with van der Waals surface area (Å²) in [4.78, 5) is 26.6. The van der Waals surface area contributed by atoms with Crippen LogP contribution in [0.1, 0.15) is 50.3 Å². The van der Waals surface area contributed by atoms with Crippen LogP contribution in [0.2, 0.25) is 0 Å². The van der Waals surface area contributed by atoms with Gasteiger partial charge in [0, 0.05) is 36.1 Å². The van der Waals surface area contributed by atoms with Gasteiger partial charge in [0.05, 0.1) is 29.5 Å². The van der Waals surface area contributed by atoms with Crippen molar-refractivity contribution >= 4 is 27.3 Å². The molecule has 1 aliphatic heterocycles. The standard InChI is InChI=1S/C23H26N4O5S/c1-15-20(16(2)27(25-15)19-10-12-33(30,31)14-19)13-26(3)23(29)17-6-8-18(9-7-17)24-22(28)21-5-4-11-32-21/h4-9,11,19H,10,12-14H2,1-3H3,(H,24,28)/t19-/m1/s1. The van der Waals surface area contributed by atoms with Gasteiger partial charge in [0.2, 0.25) is 0 Å². The molecule has 0 bridgehead atoms. The number of amides is 2. The van der Waals surface area contributed by atoms with Gasteiger partial charge in [-0.15, -0.1) is 0 Å². The van der Waals surface area contributed by atoms with Crippen molar-refractivity contribution in [2.45, 2.75) is 32.9 Å². The molecule has 2 amide bonds. The number of furan rings is 1. The number of sulfone groups is 1. The molecule has 33 heavy (non-hydrogen) atoms. The Morgan fingerprint density at radius 2 is 1.94 bits per heavy atom. The third-order valence-electron chi connectivity index (χ3n) is 5.91. The van der Waals surface area contributed by atoms with Crippen molar-refractivity contribution in [2.75, 3.05) is 23.9 Å². The second kappa shape index (κ2) is 8.86. The molecule has 0 spiro atoms. The molecular formula is C23H26N4O5S. The highest BCUT2D eigenvalue weighted by atomic mass is 32.2. The minimum absolute atomic E-state index is 0.103. The molecule has 0 unspecified atom stereocenters. The van der Waals surface area contributed by atoms with Crippen LogP contribution in [0.3, 0.4) is 0 Å². The number of hydrogen-bond donors (Lipinski definition) is 1. The van der Waals surface area contributed by atoms with Gasteiger partial charge < -0.3 is 14.6 Å². The Hall–Kier alpha value is -3.40. The average Bonchev–Trinajstić information content (AvgIpc) is 3.50. The maximum absolute atomic E-state index is 13.0. The molecule has 1 saturated heterocycles. The second-order valence-corrected chi connectivity index (χ2v) is 10.5. The minimum atomic E-state index is -3.02. The first-order valence-corrected chi connectivity index (χ1v) is 12.4. The highest BCUT2D eigenvalue weighted by molar-refractivity contribution is 7.91. The van der Waals surface area contributed by atoms with Gasteiger partial charge in [-0.05, 0) is 56.7 Å². The Kier molecular flexibility index (Phi) is 6.11. The van der Waals surface area contributed by atoms with E-state index in [9.17, 15) is 18.0 Å². The van der Waals surface area contributed by atoms with Crippen molar-refractivity contribution in [3.8, 4) is 0 Å². The Morgan fingerprint density at radius 1 is 1.21 bits per heavy atom. The molecule has 1 atom stereocenters. The smallest absolute Gasteiger partial charge is 0.291 e. The molecule has 1 aromatic carbocycles. The number of aromatic nitrogens is 2. The van der Waals surface area contributed by atoms with Gasteiger partial charge >= 0.3 is 0 Å². The zero-order chi connectivity index (χ0) is 23.8. The Labute approximate surface area is 192 Å². The first-order valence-electron chi connectivity index (χ1n) is 10.6. The number of carbonyl (C=O) groups excluding carboxylic acids is 2. The molecule has 3 aromatic rings. The van der Waals surface area contributed by atoms with E-state index in [2.05, 4.69) is 10.4 Å². The van der Waals surface area contributed by atoms with E-state index in [1.54, 1.807) is 53.0 Å². The van der Waals surface area contributed by atoms with E-state index in [1.165, 1.54) is 6.26 Å². The molecule has 0 saturated carbocycles. The predicted molar refractivity (Wildman–Crippen MR) is 123 cm³/mol. The zero-order valence-electron chi connectivity index (χ0n) is 18.7. The number of nitrogens with one attached hydrogen (secondary N) is 1. The van der Waals surface area contributed by atoms with Crippen LogP contribution in [0.5, 0.6) is 0 Å². The summed E-state index contributed by atoms with van der Waals surface area (Å²) in [7, 11) is -1.30. The zero-order valence-corrected chi connectivity index (χ0v) is 19.6. The van der Waals surface area contributed by atoms with Gasteiger partial charge in [0.1, 0.15) is 0 Å². The van der Waals surface area contributed by atoms with E-state index in [0.717, 1.165) is 17.0 Å². The van der Waals surface area contributed by atoms with Gasteiger partial charge in [0.15, 0.2) is 15.6 Å². The van der Waals surface area contributed by atoms with Gasteiger partial charge in [0.25, 0.3) is 11.8 Å². The van der Waals surface area contributed by atoms with Crippen LogP contribution < -0.4 is 5.32 Å². The van der Waals surface area contributed by atoms with E-state index in [4.69, 9.17) is 4.42 Å². The van der Waals surface area contributed by atoms with Crippen LogP contribution in [-0.2, 0) is 16.4 Å². The predicted octanol–water partition coefficient (Wildman–Crippen LogP) is 2.98. The molecular weight excluding hydrogens is 444 g/mol. The van der Waals surface area contributed by atoms with Crippen molar-refractivity contribution < 1.29 is 22.4 Å². The fraction of sp³-hybridized carbons (Fsp3) is 0.348. The summed E-state index contributed by atoms with van der Waals surface area (Å²) in [5, 5.41) is 7.29. The molecule has 0 aliphatic carbocycles. The first kappa shape index (κ1) is 22.8. The molecule has 3 heterocycles. The van der Waals surface area contributed by atoms with E-state index in [1.807, 2.05) is 13.8 Å². The number of aryl methyl sites for hydroxylation is 1. The van der Waals surface area contributed by atoms with Crippen molar-refractivity contribution in [3.05, 3.63) is 70.9 Å². The van der Waals surface area contributed by atoms with Crippen LogP contribution in [-0.4, -0.2) is 53.5 Å². The molecule has 10 heteroatoms. The molecule has 4 rings (SSSR count). The van der Waals surface area contributed by atoms with E-state index in [0.29, 0.717) is 24.2 Å². The Balaban J connectivity index is 1.43. The lowest BCUT2D eigenvalue weighted by Gasteiger charge is -2.18. The lowest BCUT2D eigenvalue weighted by Crippen LogP contribution is -2.26.